The fraction of sp³-hybridized carbons (Fsp3) is 0.400. The zero-order chi connectivity index (χ0) is 14.8. The minimum atomic E-state index is -0.136. The maximum atomic E-state index is 5.98. The molecule has 0 aliphatic rings. The average Bonchev–Trinajstić information content (AvgIpc) is 2.40. The van der Waals surface area contributed by atoms with Crippen molar-refractivity contribution in [2.24, 2.45) is 0 Å². The van der Waals surface area contributed by atoms with Gasteiger partial charge in [0.05, 0.1) is 12.2 Å². The lowest BCUT2D eigenvalue weighted by Crippen LogP contribution is -2.19. The Kier molecular flexibility index (Phi) is 3.88. The Balaban J connectivity index is 2.25. The number of nitrogens with two attached hydrogens (primary N) is 1. The number of nitrogens with one attached hydrogen (secondary N) is 1. The highest BCUT2D eigenvalue weighted by Gasteiger charge is 2.20. The molecule has 0 saturated carbocycles. The number of nitrogens with zero attached hydrogens (tertiary/aromatic N) is 3. The Morgan fingerprint density at radius 2 is 1.95 bits per heavy atom. The largest absolute Gasteiger partial charge is 0.383 e. The van der Waals surface area contributed by atoms with E-state index < -0.39 is 0 Å². The molecule has 0 bridgehead atoms. The van der Waals surface area contributed by atoms with Gasteiger partial charge < -0.3 is 11.1 Å². The first kappa shape index (κ1) is 14.2. The Labute approximate surface area is 119 Å². The average molecular weight is 271 g/mol. The summed E-state index contributed by atoms with van der Waals surface area (Å²) in [7, 11) is 0. The molecule has 0 aliphatic heterocycles. The van der Waals surface area contributed by atoms with E-state index in [0.717, 1.165) is 22.9 Å². The zero-order valence-electron chi connectivity index (χ0n) is 12.4. The Morgan fingerprint density at radius 1 is 1.20 bits per heavy atom. The lowest BCUT2D eigenvalue weighted by Gasteiger charge is -2.19. The third-order valence-corrected chi connectivity index (χ3v) is 3.02. The molecule has 2 aromatic rings. The Morgan fingerprint density at radius 3 is 2.55 bits per heavy atom. The molecular weight excluding hydrogens is 250 g/mol. The van der Waals surface area contributed by atoms with Gasteiger partial charge in [-0.05, 0) is 19.1 Å². The summed E-state index contributed by atoms with van der Waals surface area (Å²) in [6.45, 7) is 8.74. The molecule has 20 heavy (non-hydrogen) atoms. The van der Waals surface area contributed by atoms with Crippen LogP contribution in [0.25, 0.3) is 0 Å². The fourth-order valence-electron chi connectivity index (χ4n) is 1.72. The van der Waals surface area contributed by atoms with Gasteiger partial charge in [-0.3, -0.25) is 4.98 Å². The summed E-state index contributed by atoms with van der Waals surface area (Å²) < 4.78 is 0. The highest BCUT2D eigenvalue weighted by atomic mass is 15.1. The molecule has 0 spiro atoms. The summed E-state index contributed by atoms with van der Waals surface area (Å²) in [6, 6.07) is 5.83. The molecule has 2 rings (SSSR count). The maximum Gasteiger partial charge on any atom is 0.138 e. The Hall–Kier alpha value is -2.17. The van der Waals surface area contributed by atoms with Gasteiger partial charge in [0.1, 0.15) is 17.5 Å². The molecule has 0 amide bonds. The van der Waals surface area contributed by atoms with E-state index >= 15 is 0 Å². The number of rotatable bonds is 3. The summed E-state index contributed by atoms with van der Waals surface area (Å²) in [4.78, 5) is 13.2. The smallest absolute Gasteiger partial charge is 0.138 e. The third kappa shape index (κ3) is 3.23. The van der Waals surface area contributed by atoms with Crippen molar-refractivity contribution in [2.75, 3.05) is 11.1 Å². The van der Waals surface area contributed by atoms with E-state index in [2.05, 4.69) is 41.0 Å². The van der Waals surface area contributed by atoms with Crippen molar-refractivity contribution >= 4 is 11.6 Å². The van der Waals surface area contributed by atoms with E-state index in [9.17, 15) is 0 Å². The number of aromatic nitrogens is 3. The molecule has 2 heterocycles. The quantitative estimate of drug-likeness (QED) is 0.897. The van der Waals surface area contributed by atoms with E-state index in [1.165, 1.54) is 0 Å². The summed E-state index contributed by atoms with van der Waals surface area (Å²) in [5, 5.41) is 3.29. The van der Waals surface area contributed by atoms with Crippen molar-refractivity contribution in [3.05, 3.63) is 41.5 Å². The standard InChI is InChI=1S/C15H21N5/c1-10-12(16)19-14(15(2,3)4)20-13(10)18-9-11-7-5-6-8-17-11/h5-8H,9H2,1-4H3,(H3,16,18,19,20). The van der Waals surface area contributed by atoms with Gasteiger partial charge in [-0.15, -0.1) is 0 Å². The van der Waals surface area contributed by atoms with Crippen molar-refractivity contribution in [3.8, 4) is 0 Å². The topological polar surface area (TPSA) is 76.7 Å². The minimum absolute atomic E-state index is 0.136. The second-order valence-corrected chi connectivity index (χ2v) is 5.83. The van der Waals surface area contributed by atoms with E-state index in [1.54, 1.807) is 6.20 Å². The molecule has 106 valence electrons. The first-order valence-corrected chi connectivity index (χ1v) is 6.66. The van der Waals surface area contributed by atoms with Gasteiger partial charge in [-0.2, -0.15) is 0 Å². The molecule has 0 radical (unpaired) electrons. The Bertz CT molecular complexity index is 587. The monoisotopic (exact) mass is 271 g/mol. The molecule has 0 atom stereocenters. The first-order valence-electron chi connectivity index (χ1n) is 6.66. The number of anilines is 2. The lowest BCUT2D eigenvalue weighted by molar-refractivity contribution is 0.546. The van der Waals surface area contributed by atoms with Crippen LogP contribution in [-0.4, -0.2) is 15.0 Å². The van der Waals surface area contributed by atoms with Crippen LogP contribution >= 0.6 is 0 Å². The first-order chi connectivity index (χ1) is 9.38. The number of hydrogen-bond donors (Lipinski definition) is 2. The molecular formula is C15H21N5. The molecule has 0 fully saturated rings. The van der Waals surface area contributed by atoms with Gasteiger partial charge in [-0.1, -0.05) is 26.8 Å². The van der Waals surface area contributed by atoms with Crippen molar-refractivity contribution in [3.63, 3.8) is 0 Å². The van der Waals surface area contributed by atoms with E-state index in [4.69, 9.17) is 5.73 Å². The van der Waals surface area contributed by atoms with Gasteiger partial charge in [0, 0.05) is 17.2 Å². The van der Waals surface area contributed by atoms with Crippen LogP contribution in [0.3, 0.4) is 0 Å². The van der Waals surface area contributed by atoms with Gasteiger partial charge in [0.2, 0.25) is 0 Å². The van der Waals surface area contributed by atoms with Crippen molar-refractivity contribution in [1.29, 1.82) is 0 Å². The summed E-state index contributed by atoms with van der Waals surface area (Å²) >= 11 is 0. The van der Waals surface area contributed by atoms with Crippen molar-refractivity contribution in [1.82, 2.24) is 15.0 Å². The van der Waals surface area contributed by atoms with E-state index in [1.807, 2.05) is 25.1 Å². The molecule has 0 saturated heterocycles. The van der Waals surface area contributed by atoms with Crippen LogP contribution in [0.15, 0.2) is 24.4 Å². The highest BCUT2D eigenvalue weighted by molar-refractivity contribution is 5.55. The van der Waals surface area contributed by atoms with Crippen LogP contribution in [0.1, 0.15) is 37.9 Å². The van der Waals surface area contributed by atoms with Crippen molar-refractivity contribution < 1.29 is 0 Å². The molecule has 2 aromatic heterocycles. The second-order valence-electron chi connectivity index (χ2n) is 5.83. The van der Waals surface area contributed by atoms with Crippen LogP contribution in [0.2, 0.25) is 0 Å². The molecule has 5 nitrogen and oxygen atoms in total. The molecule has 0 aromatic carbocycles. The van der Waals surface area contributed by atoms with Gasteiger partial charge in [0.25, 0.3) is 0 Å². The van der Waals surface area contributed by atoms with E-state index in [-0.39, 0.29) is 5.41 Å². The van der Waals surface area contributed by atoms with E-state index in [0.29, 0.717) is 12.4 Å². The predicted molar refractivity (Wildman–Crippen MR) is 81.4 cm³/mol. The summed E-state index contributed by atoms with van der Waals surface area (Å²) in [5.41, 5.74) is 7.67. The van der Waals surface area contributed by atoms with Crippen LogP contribution < -0.4 is 11.1 Å². The minimum Gasteiger partial charge on any atom is -0.383 e. The SMILES string of the molecule is Cc1c(N)nc(C(C)(C)C)nc1NCc1ccccn1. The number of hydrogen-bond acceptors (Lipinski definition) is 5. The maximum absolute atomic E-state index is 5.98. The van der Waals surface area contributed by atoms with Crippen LogP contribution in [0, 0.1) is 6.92 Å². The fourth-order valence-corrected chi connectivity index (χ4v) is 1.72. The van der Waals surface area contributed by atoms with Crippen molar-refractivity contribution in [2.45, 2.75) is 39.7 Å². The lowest BCUT2D eigenvalue weighted by atomic mass is 9.95. The third-order valence-electron chi connectivity index (χ3n) is 3.02. The zero-order valence-corrected chi connectivity index (χ0v) is 12.4. The molecule has 3 N–H and O–H groups in total. The van der Waals surface area contributed by atoms with Gasteiger partial charge in [0.15, 0.2) is 0 Å². The second kappa shape index (κ2) is 5.45. The highest BCUT2D eigenvalue weighted by Crippen LogP contribution is 2.24. The molecule has 0 unspecified atom stereocenters. The number of nitrogen functional groups attached to an aromatic ring is 1. The van der Waals surface area contributed by atoms with Gasteiger partial charge >= 0.3 is 0 Å². The van der Waals surface area contributed by atoms with Crippen LogP contribution in [-0.2, 0) is 12.0 Å². The van der Waals surface area contributed by atoms with Crippen LogP contribution in [0.4, 0.5) is 11.6 Å². The normalized spacial score (nSPS) is 11.4. The summed E-state index contributed by atoms with van der Waals surface area (Å²) in [5.74, 6) is 2.03. The predicted octanol–water partition coefficient (Wildman–Crippen LogP) is 2.67. The van der Waals surface area contributed by atoms with Gasteiger partial charge in [-0.25, -0.2) is 9.97 Å². The number of pyridine rings is 1. The molecule has 5 heteroatoms. The van der Waals surface area contributed by atoms with Crippen LogP contribution in [0.5, 0.6) is 0 Å². The molecule has 0 aliphatic carbocycles. The summed E-state index contributed by atoms with van der Waals surface area (Å²) in [6.07, 6.45) is 1.78.